The standard InChI is InChI=1S/C14H22N2O2S/c1-6-12-15-10-7-9(2)16(8-11(10)19-12)13(17)18-14(3,4)5/h9H,6-8H2,1-5H3/t9-/m1/s1. The second-order valence-electron chi connectivity index (χ2n) is 5.99. The van der Waals surface area contributed by atoms with Crippen molar-refractivity contribution in [1.29, 1.82) is 0 Å². The van der Waals surface area contributed by atoms with Gasteiger partial charge >= 0.3 is 6.09 Å². The first kappa shape index (κ1) is 14.3. The fourth-order valence-electron chi connectivity index (χ4n) is 2.14. The Morgan fingerprint density at radius 2 is 2.21 bits per heavy atom. The maximum atomic E-state index is 12.2. The van der Waals surface area contributed by atoms with Gasteiger partial charge in [0, 0.05) is 17.3 Å². The third-order valence-corrected chi connectivity index (χ3v) is 4.31. The summed E-state index contributed by atoms with van der Waals surface area (Å²) in [5, 5.41) is 1.16. The van der Waals surface area contributed by atoms with Crippen molar-refractivity contribution in [2.45, 2.75) is 65.6 Å². The molecule has 1 aromatic heterocycles. The molecule has 2 heterocycles. The largest absolute Gasteiger partial charge is 0.444 e. The van der Waals surface area contributed by atoms with Gasteiger partial charge in [-0.15, -0.1) is 11.3 Å². The van der Waals surface area contributed by atoms with Crippen LogP contribution in [0.15, 0.2) is 0 Å². The number of thiazole rings is 1. The van der Waals surface area contributed by atoms with Crippen LogP contribution < -0.4 is 0 Å². The predicted molar refractivity (Wildman–Crippen MR) is 76.4 cm³/mol. The number of hydrogen-bond acceptors (Lipinski definition) is 4. The molecule has 0 unspecified atom stereocenters. The molecule has 19 heavy (non-hydrogen) atoms. The van der Waals surface area contributed by atoms with Gasteiger partial charge in [0.05, 0.1) is 17.2 Å². The third-order valence-electron chi connectivity index (χ3n) is 3.09. The Morgan fingerprint density at radius 3 is 2.79 bits per heavy atom. The number of fused-ring (bicyclic) bond motifs is 1. The average molecular weight is 282 g/mol. The summed E-state index contributed by atoms with van der Waals surface area (Å²) in [6.45, 7) is 10.5. The molecule has 0 saturated carbocycles. The topological polar surface area (TPSA) is 42.4 Å². The second-order valence-corrected chi connectivity index (χ2v) is 7.16. The summed E-state index contributed by atoms with van der Waals surface area (Å²) in [5.74, 6) is 0. The Bertz CT molecular complexity index is 476. The molecule has 2 rings (SSSR count). The molecule has 4 nitrogen and oxygen atoms in total. The Labute approximate surface area is 118 Å². The summed E-state index contributed by atoms with van der Waals surface area (Å²) >= 11 is 1.72. The van der Waals surface area contributed by atoms with Crippen LogP contribution >= 0.6 is 11.3 Å². The van der Waals surface area contributed by atoms with Gasteiger partial charge < -0.3 is 4.74 Å². The van der Waals surface area contributed by atoms with E-state index in [2.05, 4.69) is 18.8 Å². The summed E-state index contributed by atoms with van der Waals surface area (Å²) in [5.41, 5.74) is 0.716. The molecule has 0 fully saturated rings. The molecule has 1 aromatic rings. The Kier molecular flexibility index (Phi) is 3.85. The average Bonchev–Trinajstić information content (AvgIpc) is 2.67. The van der Waals surface area contributed by atoms with E-state index in [0.717, 1.165) is 23.5 Å². The van der Waals surface area contributed by atoms with Gasteiger partial charge in [-0.05, 0) is 34.1 Å². The maximum Gasteiger partial charge on any atom is 0.410 e. The van der Waals surface area contributed by atoms with E-state index in [0.29, 0.717) is 6.54 Å². The molecule has 0 radical (unpaired) electrons. The first-order valence-electron chi connectivity index (χ1n) is 6.77. The van der Waals surface area contributed by atoms with E-state index in [1.165, 1.54) is 4.88 Å². The zero-order chi connectivity index (χ0) is 14.2. The molecule has 0 bridgehead atoms. The Morgan fingerprint density at radius 1 is 1.53 bits per heavy atom. The number of aryl methyl sites for hydroxylation is 1. The van der Waals surface area contributed by atoms with Gasteiger partial charge in [-0.3, -0.25) is 4.90 Å². The van der Waals surface area contributed by atoms with Gasteiger partial charge in [-0.1, -0.05) is 6.92 Å². The fourth-order valence-corrected chi connectivity index (χ4v) is 3.17. The Balaban J connectivity index is 2.14. The summed E-state index contributed by atoms with van der Waals surface area (Å²) < 4.78 is 5.47. The molecule has 0 aliphatic carbocycles. The minimum Gasteiger partial charge on any atom is -0.444 e. The van der Waals surface area contributed by atoms with E-state index in [1.54, 1.807) is 11.3 Å². The van der Waals surface area contributed by atoms with E-state index in [9.17, 15) is 4.79 Å². The highest BCUT2D eigenvalue weighted by Crippen LogP contribution is 2.29. The lowest BCUT2D eigenvalue weighted by atomic mass is 10.1. The van der Waals surface area contributed by atoms with Gasteiger partial charge in [-0.25, -0.2) is 9.78 Å². The maximum absolute atomic E-state index is 12.2. The van der Waals surface area contributed by atoms with Crippen molar-refractivity contribution in [3.05, 3.63) is 15.6 Å². The van der Waals surface area contributed by atoms with Crippen LogP contribution in [0.3, 0.4) is 0 Å². The fraction of sp³-hybridized carbons (Fsp3) is 0.714. The summed E-state index contributed by atoms with van der Waals surface area (Å²) in [6, 6.07) is 0.147. The second kappa shape index (κ2) is 5.12. The van der Waals surface area contributed by atoms with Crippen molar-refractivity contribution in [3.8, 4) is 0 Å². The number of carbonyl (C=O) groups is 1. The Hall–Kier alpha value is -1.10. The third kappa shape index (κ3) is 3.26. The van der Waals surface area contributed by atoms with Crippen LogP contribution in [0.4, 0.5) is 4.79 Å². The van der Waals surface area contributed by atoms with E-state index in [-0.39, 0.29) is 12.1 Å². The predicted octanol–water partition coefficient (Wildman–Crippen LogP) is 3.39. The smallest absolute Gasteiger partial charge is 0.410 e. The molecule has 1 atom stereocenters. The highest BCUT2D eigenvalue weighted by atomic mass is 32.1. The number of amides is 1. The quantitative estimate of drug-likeness (QED) is 0.793. The number of ether oxygens (including phenoxy) is 1. The summed E-state index contributed by atoms with van der Waals surface area (Å²) in [7, 11) is 0. The van der Waals surface area contributed by atoms with E-state index in [4.69, 9.17) is 4.74 Å². The van der Waals surface area contributed by atoms with E-state index >= 15 is 0 Å². The van der Waals surface area contributed by atoms with Gasteiger partial charge in [0.15, 0.2) is 0 Å². The van der Waals surface area contributed by atoms with Crippen molar-refractivity contribution in [1.82, 2.24) is 9.88 Å². The van der Waals surface area contributed by atoms with E-state index < -0.39 is 5.60 Å². The van der Waals surface area contributed by atoms with Crippen LogP contribution in [0.1, 0.15) is 50.2 Å². The monoisotopic (exact) mass is 282 g/mol. The minimum absolute atomic E-state index is 0.147. The number of rotatable bonds is 1. The van der Waals surface area contributed by atoms with Crippen LogP contribution in [0, 0.1) is 0 Å². The molecule has 0 spiro atoms. The molecule has 1 amide bonds. The van der Waals surface area contributed by atoms with Crippen molar-refractivity contribution in [2.24, 2.45) is 0 Å². The molecule has 106 valence electrons. The minimum atomic E-state index is -0.445. The van der Waals surface area contributed by atoms with Gasteiger partial charge in [0.2, 0.25) is 0 Å². The summed E-state index contributed by atoms with van der Waals surface area (Å²) in [6.07, 6.45) is 1.56. The SMILES string of the molecule is CCc1nc2c(s1)CN(C(=O)OC(C)(C)C)[C@H](C)C2. The molecule has 0 aromatic carbocycles. The van der Waals surface area contributed by atoms with Gasteiger partial charge in [0.1, 0.15) is 5.60 Å². The van der Waals surface area contributed by atoms with Crippen LogP contribution in [0.5, 0.6) is 0 Å². The van der Waals surface area contributed by atoms with Crippen LogP contribution in [0.25, 0.3) is 0 Å². The summed E-state index contributed by atoms with van der Waals surface area (Å²) in [4.78, 5) is 19.8. The number of nitrogens with zero attached hydrogens (tertiary/aromatic N) is 2. The highest BCUT2D eigenvalue weighted by molar-refractivity contribution is 7.11. The number of aromatic nitrogens is 1. The first-order valence-corrected chi connectivity index (χ1v) is 7.59. The first-order chi connectivity index (χ1) is 8.80. The molecule has 1 aliphatic rings. The lowest BCUT2D eigenvalue weighted by Gasteiger charge is -2.34. The number of hydrogen-bond donors (Lipinski definition) is 0. The van der Waals surface area contributed by atoms with E-state index in [1.807, 2.05) is 25.7 Å². The van der Waals surface area contributed by atoms with Crippen molar-refractivity contribution < 1.29 is 9.53 Å². The van der Waals surface area contributed by atoms with Crippen LogP contribution in [-0.2, 0) is 24.1 Å². The molecule has 5 heteroatoms. The molecule has 0 N–H and O–H groups in total. The van der Waals surface area contributed by atoms with Gasteiger partial charge in [-0.2, -0.15) is 0 Å². The highest BCUT2D eigenvalue weighted by Gasteiger charge is 2.32. The van der Waals surface area contributed by atoms with Crippen molar-refractivity contribution in [2.75, 3.05) is 0 Å². The number of carbonyl (C=O) groups excluding carboxylic acids is 1. The van der Waals surface area contributed by atoms with Crippen molar-refractivity contribution in [3.63, 3.8) is 0 Å². The molecule has 0 saturated heterocycles. The molecular formula is C14H22N2O2S. The molecule has 1 aliphatic heterocycles. The van der Waals surface area contributed by atoms with Gasteiger partial charge in [0.25, 0.3) is 0 Å². The zero-order valence-corrected chi connectivity index (χ0v) is 13.1. The normalized spacial score (nSPS) is 19.2. The zero-order valence-electron chi connectivity index (χ0n) is 12.3. The van der Waals surface area contributed by atoms with Crippen molar-refractivity contribution >= 4 is 17.4 Å². The van der Waals surface area contributed by atoms with Crippen LogP contribution in [0.2, 0.25) is 0 Å². The lowest BCUT2D eigenvalue weighted by molar-refractivity contribution is 0.0140. The molecular weight excluding hydrogens is 260 g/mol. The lowest BCUT2D eigenvalue weighted by Crippen LogP contribution is -2.44. The van der Waals surface area contributed by atoms with Crippen LogP contribution in [-0.4, -0.2) is 27.6 Å².